The highest BCUT2D eigenvalue weighted by Crippen LogP contribution is 2.32. The van der Waals surface area contributed by atoms with Crippen LogP contribution in [0, 0.1) is 0 Å². The molecule has 2 amide bonds. The third kappa shape index (κ3) is 4.38. The van der Waals surface area contributed by atoms with Crippen LogP contribution < -0.4 is 4.90 Å². The molecule has 1 aliphatic carbocycles. The van der Waals surface area contributed by atoms with Crippen molar-refractivity contribution < 1.29 is 22.9 Å². The van der Waals surface area contributed by atoms with Crippen molar-refractivity contribution in [2.75, 3.05) is 44.2 Å². The van der Waals surface area contributed by atoms with E-state index in [9.17, 15) is 18.0 Å². The quantitative estimate of drug-likeness (QED) is 0.695. The predicted octanol–water partition coefficient (Wildman–Crippen LogP) is -0.795. The second-order valence-electron chi connectivity index (χ2n) is 8.17. The standard InChI is InChI=1S/C20H27N3O4S/c24-19(23(17-6-7-17)18-8-13-28(26,27)15-18)14-21-9-11-22(12-10-21)20(25)16-4-2-1-3-5-16/h1-5,17-18H,6-15H2/p+1/t18-/m0/s1. The molecule has 0 aromatic heterocycles. The average Bonchev–Trinajstić information content (AvgIpc) is 3.45. The summed E-state index contributed by atoms with van der Waals surface area (Å²) in [7, 11) is -3.00. The monoisotopic (exact) mass is 406 g/mol. The maximum absolute atomic E-state index is 13.0. The summed E-state index contributed by atoms with van der Waals surface area (Å²) in [5.41, 5.74) is 0.698. The molecule has 0 radical (unpaired) electrons. The van der Waals surface area contributed by atoms with E-state index in [1.807, 2.05) is 40.1 Å². The number of rotatable bonds is 5. The number of quaternary nitrogens is 1. The molecule has 2 saturated heterocycles. The van der Waals surface area contributed by atoms with Gasteiger partial charge in [0.15, 0.2) is 16.4 Å². The molecule has 3 fully saturated rings. The summed E-state index contributed by atoms with van der Waals surface area (Å²) >= 11 is 0. The maximum atomic E-state index is 13.0. The number of sulfone groups is 1. The van der Waals surface area contributed by atoms with E-state index in [0.29, 0.717) is 31.6 Å². The molecule has 1 aromatic carbocycles. The lowest BCUT2D eigenvalue weighted by Crippen LogP contribution is -3.16. The average molecular weight is 407 g/mol. The molecule has 2 heterocycles. The van der Waals surface area contributed by atoms with Crippen LogP contribution in [0.25, 0.3) is 0 Å². The van der Waals surface area contributed by atoms with Crippen LogP contribution in [-0.2, 0) is 14.6 Å². The molecule has 4 rings (SSSR count). The van der Waals surface area contributed by atoms with Crippen LogP contribution >= 0.6 is 0 Å². The summed E-state index contributed by atoms with van der Waals surface area (Å²) < 4.78 is 23.7. The Kier molecular flexibility index (Phi) is 5.42. The summed E-state index contributed by atoms with van der Waals surface area (Å²) in [6.45, 7) is 3.15. The number of piperazine rings is 1. The van der Waals surface area contributed by atoms with Crippen molar-refractivity contribution in [3.8, 4) is 0 Å². The van der Waals surface area contributed by atoms with Crippen molar-refractivity contribution in [1.29, 1.82) is 0 Å². The van der Waals surface area contributed by atoms with E-state index in [1.54, 1.807) is 0 Å². The Hall–Kier alpha value is -1.93. The Bertz CT molecular complexity index is 830. The minimum absolute atomic E-state index is 0.0433. The van der Waals surface area contributed by atoms with Crippen LogP contribution in [0.1, 0.15) is 29.6 Å². The number of nitrogens with zero attached hydrogens (tertiary/aromatic N) is 2. The molecule has 8 heteroatoms. The van der Waals surface area contributed by atoms with Crippen LogP contribution in [0.5, 0.6) is 0 Å². The molecule has 0 unspecified atom stereocenters. The zero-order valence-electron chi connectivity index (χ0n) is 16.0. The Balaban J connectivity index is 1.31. The summed E-state index contributed by atoms with van der Waals surface area (Å²) in [6, 6.07) is 9.36. The second kappa shape index (κ2) is 7.83. The molecule has 0 spiro atoms. The number of carbonyl (C=O) groups is 2. The highest BCUT2D eigenvalue weighted by atomic mass is 32.2. The SMILES string of the molecule is O=C(c1ccccc1)N1CC[NH+](CC(=O)N(C2CC2)[C@H]2CCS(=O)(=O)C2)CC1. The van der Waals surface area contributed by atoms with Crippen molar-refractivity contribution in [2.45, 2.75) is 31.3 Å². The second-order valence-corrected chi connectivity index (χ2v) is 10.4. The maximum Gasteiger partial charge on any atom is 0.278 e. The van der Waals surface area contributed by atoms with Crippen molar-refractivity contribution in [2.24, 2.45) is 0 Å². The number of carbonyl (C=O) groups excluding carboxylic acids is 2. The van der Waals surface area contributed by atoms with Crippen molar-refractivity contribution in [3.05, 3.63) is 35.9 Å². The van der Waals surface area contributed by atoms with Gasteiger partial charge in [-0.05, 0) is 31.4 Å². The van der Waals surface area contributed by atoms with Gasteiger partial charge in [0, 0.05) is 17.6 Å². The van der Waals surface area contributed by atoms with Crippen molar-refractivity contribution in [1.82, 2.24) is 9.80 Å². The first-order valence-electron chi connectivity index (χ1n) is 10.1. The lowest BCUT2D eigenvalue weighted by Gasteiger charge is -2.34. The molecule has 1 saturated carbocycles. The first kappa shape index (κ1) is 19.4. The molecule has 152 valence electrons. The van der Waals surface area contributed by atoms with E-state index >= 15 is 0 Å². The number of benzene rings is 1. The van der Waals surface area contributed by atoms with Crippen molar-refractivity contribution >= 4 is 21.7 Å². The highest BCUT2D eigenvalue weighted by molar-refractivity contribution is 7.91. The van der Waals surface area contributed by atoms with Gasteiger partial charge in [-0.2, -0.15) is 0 Å². The molecule has 1 N–H and O–H groups in total. The van der Waals surface area contributed by atoms with Gasteiger partial charge in [0.2, 0.25) is 0 Å². The van der Waals surface area contributed by atoms with Gasteiger partial charge in [-0.1, -0.05) is 18.2 Å². The topological polar surface area (TPSA) is 79.2 Å². The summed E-state index contributed by atoms with van der Waals surface area (Å²) in [6.07, 6.45) is 2.53. The molecule has 7 nitrogen and oxygen atoms in total. The number of hydrogen-bond donors (Lipinski definition) is 1. The first-order chi connectivity index (χ1) is 13.4. The Morgan fingerprint density at radius 2 is 1.71 bits per heavy atom. The first-order valence-corrected chi connectivity index (χ1v) is 11.9. The predicted molar refractivity (Wildman–Crippen MR) is 105 cm³/mol. The lowest BCUT2D eigenvalue weighted by atomic mass is 10.1. The van der Waals surface area contributed by atoms with Gasteiger partial charge in [-0.15, -0.1) is 0 Å². The third-order valence-electron chi connectivity index (χ3n) is 6.01. The van der Waals surface area contributed by atoms with E-state index in [2.05, 4.69) is 0 Å². The molecule has 1 aromatic rings. The Morgan fingerprint density at radius 3 is 2.29 bits per heavy atom. The normalized spacial score (nSPS) is 24.9. The molecular formula is C20H28N3O4S+. The van der Waals surface area contributed by atoms with Gasteiger partial charge >= 0.3 is 0 Å². The fourth-order valence-corrected chi connectivity index (χ4v) is 6.04. The fourth-order valence-electron chi connectivity index (χ4n) is 4.32. The smallest absolute Gasteiger partial charge is 0.278 e. The molecule has 0 bridgehead atoms. The van der Waals surface area contributed by atoms with E-state index in [1.165, 1.54) is 4.90 Å². The van der Waals surface area contributed by atoms with Crippen LogP contribution in [0.2, 0.25) is 0 Å². The largest absolute Gasteiger partial charge is 0.331 e. The highest BCUT2D eigenvalue weighted by Gasteiger charge is 2.43. The molecule has 3 aliphatic rings. The van der Waals surface area contributed by atoms with Gasteiger partial charge in [0.1, 0.15) is 0 Å². The van der Waals surface area contributed by atoms with E-state index in [4.69, 9.17) is 0 Å². The lowest BCUT2D eigenvalue weighted by molar-refractivity contribution is -0.896. The molecule has 1 atom stereocenters. The van der Waals surface area contributed by atoms with Gasteiger partial charge in [-0.3, -0.25) is 9.59 Å². The number of amides is 2. The van der Waals surface area contributed by atoms with Gasteiger partial charge < -0.3 is 14.7 Å². The minimum Gasteiger partial charge on any atom is -0.331 e. The van der Waals surface area contributed by atoms with Crippen LogP contribution in [0.3, 0.4) is 0 Å². The van der Waals surface area contributed by atoms with E-state index < -0.39 is 9.84 Å². The van der Waals surface area contributed by atoms with Gasteiger partial charge in [0.05, 0.1) is 37.7 Å². The molecule has 28 heavy (non-hydrogen) atoms. The number of hydrogen-bond acceptors (Lipinski definition) is 4. The molecule has 2 aliphatic heterocycles. The summed E-state index contributed by atoms with van der Waals surface area (Å²) in [5, 5.41) is 0. The summed E-state index contributed by atoms with van der Waals surface area (Å²) in [5.74, 6) is 0.426. The Morgan fingerprint density at radius 1 is 1.04 bits per heavy atom. The van der Waals surface area contributed by atoms with E-state index in [-0.39, 0.29) is 35.4 Å². The van der Waals surface area contributed by atoms with Crippen molar-refractivity contribution in [3.63, 3.8) is 0 Å². The summed E-state index contributed by atoms with van der Waals surface area (Å²) in [4.78, 5) is 30.4. The number of nitrogens with one attached hydrogen (secondary N) is 1. The molecular weight excluding hydrogens is 378 g/mol. The third-order valence-corrected chi connectivity index (χ3v) is 7.76. The van der Waals surface area contributed by atoms with Crippen LogP contribution in [0.15, 0.2) is 30.3 Å². The van der Waals surface area contributed by atoms with Gasteiger partial charge in [0.25, 0.3) is 11.8 Å². The van der Waals surface area contributed by atoms with Gasteiger partial charge in [-0.25, -0.2) is 8.42 Å². The Labute approximate surface area is 166 Å². The minimum atomic E-state index is -3.00. The van der Waals surface area contributed by atoms with Crippen LogP contribution in [0.4, 0.5) is 0 Å². The zero-order valence-corrected chi connectivity index (χ0v) is 16.9. The van der Waals surface area contributed by atoms with Crippen LogP contribution in [-0.4, -0.2) is 86.3 Å². The fraction of sp³-hybridized carbons (Fsp3) is 0.600. The zero-order chi connectivity index (χ0) is 19.7. The van der Waals surface area contributed by atoms with E-state index in [0.717, 1.165) is 25.9 Å².